The van der Waals surface area contributed by atoms with Crippen LogP contribution in [-0.2, 0) is 4.79 Å². The Labute approximate surface area is 110 Å². The van der Waals surface area contributed by atoms with Gasteiger partial charge in [-0.3, -0.25) is 4.79 Å². The van der Waals surface area contributed by atoms with E-state index in [0.717, 1.165) is 32.4 Å². The number of nitrogens with two attached hydrogens (primary N) is 1. The Kier molecular flexibility index (Phi) is 4.28. The van der Waals surface area contributed by atoms with Gasteiger partial charge in [0.05, 0.1) is 0 Å². The molecule has 104 valence electrons. The van der Waals surface area contributed by atoms with E-state index in [-0.39, 0.29) is 11.4 Å². The van der Waals surface area contributed by atoms with Crippen molar-refractivity contribution in [2.45, 2.75) is 56.5 Å². The van der Waals surface area contributed by atoms with Gasteiger partial charge in [0.15, 0.2) is 0 Å². The normalized spacial score (nSPS) is 27.8. The molecule has 1 aliphatic carbocycles. The molecule has 1 unspecified atom stereocenters. The van der Waals surface area contributed by atoms with Crippen LogP contribution >= 0.6 is 0 Å². The fraction of sp³-hybridized carbons (Fsp3) is 0.929. The number of nitrogens with zero attached hydrogens (tertiary/aromatic N) is 2. The average Bonchev–Trinajstić information content (AvgIpc) is 2.76. The highest BCUT2D eigenvalue weighted by atomic mass is 16.2. The molecule has 1 saturated carbocycles. The summed E-state index contributed by atoms with van der Waals surface area (Å²) in [6.07, 6.45) is 7.27. The molecule has 4 nitrogen and oxygen atoms in total. The SMILES string of the molecule is CN(C)C1CCCN(C(=O)CC2(N)CCCC2)C1. The molecule has 1 heterocycles. The zero-order valence-corrected chi connectivity index (χ0v) is 11.8. The lowest BCUT2D eigenvalue weighted by Gasteiger charge is -2.37. The van der Waals surface area contributed by atoms with Crippen LogP contribution in [0.4, 0.5) is 0 Å². The molecule has 2 rings (SSSR count). The van der Waals surface area contributed by atoms with Gasteiger partial charge in [-0.15, -0.1) is 0 Å². The Morgan fingerprint density at radius 2 is 2.00 bits per heavy atom. The van der Waals surface area contributed by atoms with Gasteiger partial charge in [0.25, 0.3) is 0 Å². The molecule has 0 bridgehead atoms. The van der Waals surface area contributed by atoms with Crippen LogP contribution in [0, 0.1) is 0 Å². The average molecular weight is 253 g/mol. The molecule has 0 aromatic heterocycles. The van der Waals surface area contributed by atoms with Crippen LogP contribution in [-0.4, -0.2) is 54.5 Å². The van der Waals surface area contributed by atoms with Crippen molar-refractivity contribution in [3.8, 4) is 0 Å². The second-order valence-electron chi connectivity index (χ2n) is 6.35. The van der Waals surface area contributed by atoms with Crippen molar-refractivity contribution in [3.05, 3.63) is 0 Å². The van der Waals surface area contributed by atoms with Crippen molar-refractivity contribution < 1.29 is 4.79 Å². The topological polar surface area (TPSA) is 49.6 Å². The van der Waals surface area contributed by atoms with Crippen LogP contribution in [0.2, 0.25) is 0 Å². The van der Waals surface area contributed by atoms with E-state index in [4.69, 9.17) is 5.73 Å². The first-order valence-corrected chi connectivity index (χ1v) is 7.23. The lowest BCUT2D eigenvalue weighted by Crippen LogP contribution is -2.50. The molecule has 1 saturated heterocycles. The minimum Gasteiger partial charge on any atom is -0.341 e. The fourth-order valence-corrected chi connectivity index (χ4v) is 3.27. The predicted octanol–water partition coefficient (Wildman–Crippen LogP) is 1.20. The van der Waals surface area contributed by atoms with E-state index in [1.165, 1.54) is 19.3 Å². The Balaban J connectivity index is 1.88. The van der Waals surface area contributed by atoms with Gasteiger partial charge in [0.2, 0.25) is 5.91 Å². The van der Waals surface area contributed by atoms with E-state index in [1.807, 2.05) is 4.90 Å². The number of carbonyl (C=O) groups is 1. The van der Waals surface area contributed by atoms with Crippen LogP contribution in [0.15, 0.2) is 0 Å². The van der Waals surface area contributed by atoms with Crippen molar-refractivity contribution in [3.63, 3.8) is 0 Å². The van der Waals surface area contributed by atoms with Crippen LogP contribution in [0.25, 0.3) is 0 Å². The van der Waals surface area contributed by atoms with E-state index in [2.05, 4.69) is 19.0 Å². The maximum Gasteiger partial charge on any atom is 0.224 e. The molecule has 1 amide bonds. The zero-order valence-electron chi connectivity index (χ0n) is 11.8. The van der Waals surface area contributed by atoms with Gasteiger partial charge < -0.3 is 15.5 Å². The molecule has 0 aromatic rings. The van der Waals surface area contributed by atoms with E-state index in [9.17, 15) is 4.79 Å². The summed E-state index contributed by atoms with van der Waals surface area (Å²) in [6, 6.07) is 0.514. The lowest BCUT2D eigenvalue weighted by molar-refractivity contribution is -0.134. The first kappa shape index (κ1) is 13.8. The number of rotatable bonds is 3. The third-order valence-electron chi connectivity index (χ3n) is 4.58. The monoisotopic (exact) mass is 253 g/mol. The lowest BCUT2D eigenvalue weighted by atomic mass is 9.93. The first-order chi connectivity index (χ1) is 8.50. The van der Waals surface area contributed by atoms with Crippen molar-refractivity contribution in [2.75, 3.05) is 27.2 Å². The van der Waals surface area contributed by atoms with Crippen LogP contribution in [0.5, 0.6) is 0 Å². The molecule has 18 heavy (non-hydrogen) atoms. The van der Waals surface area contributed by atoms with Crippen LogP contribution in [0.1, 0.15) is 44.9 Å². The third kappa shape index (κ3) is 3.23. The Hall–Kier alpha value is -0.610. The Morgan fingerprint density at radius 1 is 1.33 bits per heavy atom. The third-order valence-corrected chi connectivity index (χ3v) is 4.58. The minimum atomic E-state index is -0.206. The number of piperidine rings is 1. The highest BCUT2D eigenvalue weighted by Crippen LogP contribution is 2.31. The predicted molar refractivity (Wildman–Crippen MR) is 73.3 cm³/mol. The number of hydrogen-bond acceptors (Lipinski definition) is 3. The van der Waals surface area contributed by atoms with Gasteiger partial charge in [-0.2, -0.15) is 0 Å². The second-order valence-corrected chi connectivity index (χ2v) is 6.35. The van der Waals surface area contributed by atoms with Gasteiger partial charge >= 0.3 is 0 Å². The van der Waals surface area contributed by atoms with Gasteiger partial charge in [0, 0.05) is 31.1 Å². The molecule has 2 fully saturated rings. The maximum absolute atomic E-state index is 12.4. The first-order valence-electron chi connectivity index (χ1n) is 7.23. The molecular formula is C14H27N3O. The quantitative estimate of drug-likeness (QED) is 0.822. The zero-order chi connectivity index (χ0) is 13.2. The summed E-state index contributed by atoms with van der Waals surface area (Å²) in [7, 11) is 4.19. The smallest absolute Gasteiger partial charge is 0.224 e. The summed E-state index contributed by atoms with van der Waals surface area (Å²) in [6.45, 7) is 1.79. The summed E-state index contributed by atoms with van der Waals surface area (Å²) >= 11 is 0. The summed E-state index contributed by atoms with van der Waals surface area (Å²) < 4.78 is 0. The molecule has 2 N–H and O–H groups in total. The van der Waals surface area contributed by atoms with Crippen LogP contribution in [0.3, 0.4) is 0 Å². The number of hydrogen-bond donors (Lipinski definition) is 1. The van der Waals surface area contributed by atoms with Crippen molar-refractivity contribution in [1.82, 2.24) is 9.80 Å². The molecule has 1 aliphatic heterocycles. The van der Waals surface area contributed by atoms with Crippen molar-refractivity contribution in [1.29, 1.82) is 0 Å². The van der Waals surface area contributed by atoms with Gasteiger partial charge in [-0.25, -0.2) is 0 Å². The van der Waals surface area contributed by atoms with Gasteiger partial charge in [0.1, 0.15) is 0 Å². The van der Waals surface area contributed by atoms with E-state index in [0.29, 0.717) is 12.5 Å². The molecular weight excluding hydrogens is 226 g/mol. The summed E-state index contributed by atoms with van der Waals surface area (Å²) in [5, 5.41) is 0. The highest BCUT2D eigenvalue weighted by molar-refractivity contribution is 5.77. The summed E-state index contributed by atoms with van der Waals surface area (Å²) in [5.74, 6) is 0.269. The molecule has 0 radical (unpaired) electrons. The number of carbonyl (C=O) groups excluding carboxylic acids is 1. The highest BCUT2D eigenvalue weighted by Gasteiger charge is 2.34. The molecule has 1 atom stereocenters. The minimum absolute atomic E-state index is 0.206. The van der Waals surface area contributed by atoms with Gasteiger partial charge in [-0.1, -0.05) is 12.8 Å². The largest absolute Gasteiger partial charge is 0.341 e. The fourth-order valence-electron chi connectivity index (χ4n) is 3.27. The van der Waals surface area contributed by atoms with Gasteiger partial charge in [-0.05, 0) is 39.8 Å². The Morgan fingerprint density at radius 3 is 2.61 bits per heavy atom. The standard InChI is InChI=1S/C14H27N3O/c1-16(2)12-6-5-9-17(11-12)13(18)10-14(15)7-3-4-8-14/h12H,3-11,15H2,1-2H3. The summed E-state index contributed by atoms with van der Waals surface area (Å²) in [5.41, 5.74) is 6.10. The molecule has 0 aromatic carbocycles. The van der Waals surface area contributed by atoms with E-state index in [1.54, 1.807) is 0 Å². The molecule has 4 heteroatoms. The molecule has 2 aliphatic rings. The van der Waals surface area contributed by atoms with E-state index < -0.39 is 0 Å². The summed E-state index contributed by atoms with van der Waals surface area (Å²) in [4.78, 5) is 16.6. The number of likely N-dealkylation sites (tertiary alicyclic amines) is 1. The molecule has 0 spiro atoms. The van der Waals surface area contributed by atoms with Crippen molar-refractivity contribution in [2.24, 2.45) is 5.73 Å². The number of amides is 1. The second kappa shape index (κ2) is 5.57. The van der Waals surface area contributed by atoms with Crippen molar-refractivity contribution >= 4 is 5.91 Å². The number of likely N-dealkylation sites (N-methyl/N-ethyl adjacent to an activating group) is 1. The maximum atomic E-state index is 12.4. The van der Waals surface area contributed by atoms with E-state index >= 15 is 0 Å². The van der Waals surface area contributed by atoms with Crippen LogP contribution < -0.4 is 5.73 Å². The Bertz CT molecular complexity index is 297.